The highest BCUT2D eigenvalue weighted by Crippen LogP contribution is 2.26. The summed E-state index contributed by atoms with van der Waals surface area (Å²) in [6.45, 7) is 0.685. The summed E-state index contributed by atoms with van der Waals surface area (Å²) in [6.07, 6.45) is 3.86. The van der Waals surface area contributed by atoms with Crippen LogP contribution < -0.4 is 5.32 Å². The van der Waals surface area contributed by atoms with Gasteiger partial charge in [0.2, 0.25) is 0 Å². The second kappa shape index (κ2) is 5.48. The molecule has 2 heterocycles. The Morgan fingerprint density at radius 3 is 3.00 bits per heavy atom. The van der Waals surface area contributed by atoms with Crippen molar-refractivity contribution in [1.29, 1.82) is 0 Å². The van der Waals surface area contributed by atoms with Gasteiger partial charge in [0.05, 0.1) is 18.8 Å². The standard InChI is InChI=1S/C14H16N4S/c1-18-9-11(8-16-18)7-15-14-17-13(10-19-14)12-5-3-2-4-6-12/h2-6,8-9,13H,7,10H2,1H3,(H,15,17). The summed E-state index contributed by atoms with van der Waals surface area (Å²) >= 11 is 1.78. The fourth-order valence-electron chi connectivity index (χ4n) is 2.07. The molecule has 19 heavy (non-hydrogen) atoms. The first-order chi connectivity index (χ1) is 9.31. The van der Waals surface area contributed by atoms with Crippen LogP contribution in [0.5, 0.6) is 0 Å². The predicted octanol–water partition coefficient (Wildman–Crippen LogP) is 2.35. The molecule has 1 N–H and O–H groups in total. The number of thioether (sulfide) groups is 1. The van der Waals surface area contributed by atoms with Crippen LogP contribution in [0.25, 0.3) is 0 Å². The number of nitrogens with zero attached hydrogens (tertiary/aromatic N) is 3. The average Bonchev–Trinajstić information content (AvgIpc) is 3.06. The molecule has 1 aromatic carbocycles. The molecule has 0 radical (unpaired) electrons. The Hall–Kier alpha value is -1.75. The highest BCUT2D eigenvalue weighted by Gasteiger charge is 2.21. The van der Waals surface area contributed by atoms with Crippen LogP contribution in [0.15, 0.2) is 47.7 Å². The second-order valence-electron chi connectivity index (χ2n) is 4.56. The molecular formula is C14H16N4S. The van der Waals surface area contributed by atoms with Crippen molar-refractivity contribution in [3.8, 4) is 0 Å². The van der Waals surface area contributed by atoms with Crippen molar-refractivity contribution in [2.45, 2.75) is 12.6 Å². The molecule has 4 nitrogen and oxygen atoms in total. The topological polar surface area (TPSA) is 42.2 Å². The minimum atomic E-state index is 0.374. The zero-order chi connectivity index (χ0) is 13.1. The molecule has 0 saturated carbocycles. The Morgan fingerprint density at radius 2 is 2.26 bits per heavy atom. The molecule has 0 amide bonds. The largest absolute Gasteiger partial charge is 0.357 e. The molecule has 0 aliphatic carbocycles. The van der Waals surface area contributed by atoms with Crippen molar-refractivity contribution >= 4 is 16.9 Å². The van der Waals surface area contributed by atoms with Crippen molar-refractivity contribution in [2.24, 2.45) is 12.0 Å². The normalized spacial score (nSPS) is 20.7. The van der Waals surface area contributed by atoms with Gasteiger partial charge >= 0.3 is 0 Å². The summed E-state index contributed by atoms with van der Waals surface area (Å²) in [5.74, 6) is 1.04. The van der Waals surface area contributed by atoms with Crippen molar-refractivity contribution in [3.63, 3.8) is 0 Å². The molecule has 5 heteroatoms. The first-order valence-corrected chi connectivity index (χ1v) is 7.26. The van der Waals surface area contributed by atoms with E-state index in [9.17, 15) is 0 Å². The van der Waals surface area contributed by atoms with Gasteiger partial charge < -0.3 is 5.32 Å². The lowest BCUT2D eigenvalue weighted by Gasteiger charge is -2.09. The van der Waals surface area contributed by atoms with Crippen LogP contribution in [-0.2, 0) is 13.6 Å². The minimum Gasteiger partial charge on any atom is -0.357 e. The van der Waals surface area contributed by atoms with Crippen LogP contribution in [0.2, 0.25) is 0 Å². The van der Waals surface area contributed by atoms with Gasteiger partial charge in [0.1, 0.15) is 0 Å². The summed E-state index contributed by atoms with van der Waals surface area (Å²) in [6, 6.07) is 10.9. The summed E-state index contributed by atoms with van der Waals surface area (Å²) in [5, 5.41) is 8.64. The van der Waals surface area contributed by atoms with Crippen molar-refractivity contribution in [1.82, 2.24) is 15.1 Å². The lowest BCUT2D eigenvalue weighted by Crippen LogP contribution is -2.19. The van der Waals surface area contributed by atoms with Crippen LogP contribution in [0.4, 0.5) is 0 Å². The van der Waals surface area contributed by atoms with Gasteiger partial charge in [-0.2, -0.15) is 5.10 Å². The minimum absolute atomic E-state index is 0.374. The summed E-state index contributed by atoms with van der Waals surface area (Å²) in [7, 11) is 1.92. The Morgan fingerprint density at radius 1 is 1.42 bits per heavy atom. The van der Waals surface area contributed by atoms with Gasteiger partial charge in [0.25, 0.3) is 0 Å². The summed E-state index contributed by atoms with van der Waals surface area (Å²) in [4.78, 5) is 4.60. The Balaban J connectivity index is 1.62. The molecule has 0 bridgehead atoms. The first kappa shape index (κ1) is 12.3. The van der Waals surface area contributed by atoms with Crippen LogP contribution in [0, 0.1) is 0 Å². The first-order valence-electron chi connectivity index (χ1n) is 6.27. The summed E-state index contributed by atoms with van der Waals surface area (Å²) in [5.41, 5.74) is 2.46. The van der Waals surface area contributed by atoms with E-state index in [4.69, 9.17) is 0 Å². The fraction of sp³-hybridized carbons (Fsp3) is 0.286. The number of aliphatic imine (C=N–C) groups is 1. The van der Waals surface area contributed by atoms with Gasteiger partial charge in [-0.1, -0.05) is 42.1 Å². The van der Waals surface area contributed by atoms with Crippen LogP contribution in [-0.4, -0.2) is 20.7 Å². The molecule has 1 saturated heterocycles. The number of aromatic nitrogens is 2. The molecule has 1 unspecified atom stereocenters. The Kier molecular flexibility index (Phi) is 3.55. The van der Waals surface area contributed by atoms with E-state index in [-0.39, 0.29) is 0 Å². The zero-order valence-electron chi connectivity index (χ0n) is 10.8. The predicted molar refractivity (Wildman–Crippen MR) is 79.1 cm³/mol. The number of rotatable bonds is 3. The smallest absolute Gasteiger partial charge is 0.157 e. The van der Waals surface area contributed by atoms with E-state index in [1.807, 2.05) is 25.5 Å². The molecule has 1 aromatic heterocycles. The van der Waals surface area contributed by atoms with Gasteiger partial charge in [0, 0.05) is 24.6 Å². The SMILES string of the molecule is Cn1cc(CN=C2NC(c3ccccc3)CS2)cn1. The highest BCUT2D eigenvalue weighted by atomic mass is 32.2. The van der Waals surface area contributed by atoms with E-state index in [0.29, 0.717) is 12.6 Å². The number of hydrogen-bond donors (Lipinski definition) is 1. The fourth-order valence-corrected chi connectivity index (χ4v) is 3.05. The maximum absolute atomic E-state index is 4.60. The van der Waals surface area contributed by atoms with E-state index < -0.39 is 0 Å². The van der Waals surface area contributed by atoms with Gasteiger partial charge in [-0.25, -0.2) is 0 Å². The van der Waals surface area contributed by atoms with Crippen LogP contribution >= 0.6 is 11.8 Å². The molecule has 1 aliphatic heterocycles. The third kappa shape index (κ3) is 2.98. The lowest BCUT2D eigenvalue weighted by molar-refractivity contribution is 0.748. The van der Waals surface area contributed by atoms with E-state index in [1.54, 1.807) is 16.4 Å². The van der Waals surface area contributed by atoms with E-state index in [0.717, 1.165) is 16.5 Å². The maximum Gasteiger partial charge on any atom is 0.157 e. The maximum atomic E-state index is 4.60. The van der Waals surface area contributed by atoms with E-state index >= 15 is 0 Å². The van der Waals surface area contributed by atoms with Crippen molar-refractivity contribution in [3.05, 3.63) is 53.9 Å². The molecule has 3 rings (SSSR count). The second-order valence-corrected chi connectivity index (χ2v) is 5.57. The van der Waals surface area contributed by atoms with Gasteiger partial charge in [0.15, 0.2) is 5.17 Å². The molecule has 1 aliphatic rings. The van der Waals surface area contributed by atoms with Gasteiger partial charge in [-0.3, -0.25) is 9.67 Å². The highest BCUT2D eigenvalue weighted by molar-refractivity contribution is 8.14. The molecule has 0 spiro atoms. The number of benzene rings is 1. The number of aryl methyl sites for hydroxylation is 1. The number of hydrogen-bond acceptors (Lipinski definition) is 3. The number of amidine groups is 1. The number of nitrogens with one attached hydrogen (secondary N) is 1. The van der Waals surface area contributed by atoms with Gasteiger partial charge in [-0.05, 0) is 5.56 Å². The molecule has 1 atom stereocenters. The lowest BCUT2D eigenvalue weighted by atomic mass is 10.1. The van der Waals surface area contributed by atoms with Gasteiger partial charge in [-0.15, -0.1) is 0 Å². The van der Waals surface area contributed by atoms with Crippen molar-refractivity contribution < 1.29 is 0 Å². The zero-order valence-corrected chi connectivity index (χ0v) is 11.6. The third-order valence-electron chi connectivity index (χ3n) is 3.05. The van der Waals surface area contributed by atoms with Crippen LogP contribution in [0.3, 0.4) is 0 Å². The van der Waals surface area contributed by atoms with E-state index in [2.05, 4.69) is 39.7 Å². The molecule has 2 aromatic rings. The average molecular weight is 272 g/mol. The van der Waals surface area contributed by atoms with Crippen molar-refractivity contribution in [2.75, 3.05) is 5.75 Å². The Labute approximate surface area is 116 Å². The molecular weight excluding hydrogens is 256 g/mol. The third-order valence-corrected chi connectivity index (χ3v) is 4.07. The monoisotopic (exact) mass is 272 g/mol. The van der Waals surface area contributed by atoms with E-state index in [1.165, 1.54) is 5.56 Å². The molecule has 1 fully saturated rings. The molecule has 98 valence electrons. The Bertz CT molecular complexity index is 576. The quantitative estimate of drug-likeness (QED) is 0.932. The summed E-state index contributed by atoms with van der Waals surface area (Å²) < 4.78 is 1.80. The van der Waals surface area contributed by atoms with Crippen LogP contribution in [0.1, 0.15) is 17.2 Å².